The number of carbonyl (C=O) groups is 1. The number of aliphatic hydroxyl groups is 1. The summed E-state index contributed by atoms with van der Waals surface area (Å²) in [5, 5.41) is 11.4. The fourth-order valence-electron chi connectivity index (χ4n) is 1.94. The topological polar surface area (TPSA) is 67.2 Å². The number of carbonyl (C=O) groups excluding carboxylic acids is 1. The molecule has 1 amide bonds. The lowest BCUT2D eigenvalue weighted by Gasteiger charge is -2.14. The number of hydrogen-bond acceptors (Lipinski definition) is 3. The van der Waals surface area contributed by atoms with Crippen LogP contribution in [0.4, 0.5) is 0 Å². The standard InChI is InChI=1S/C14H17N3O2/c1-10(16-14(19)9-18)12-3-5-13(6-4-12)17-8-7-15-11(17)2/h3-8,10,18H,9H2,1-2H3,(H,16,19). The first-order valence-electron chi connectivity index (χ1n) is 6.12. The summed E-state index contributed by atoms with van der Waals surface area (Å²) < 4.78 is 1.99. The number of hydrogen-bond donors (Lipinski definition) is 2. The van der Waals surface area contributed by atoms with Crippen LogP contribution in [-0.4, -0.2) is 27.2 Å². The van der Waals surface area contributed by atoms with Crippen LogP contribution in [0.25, 0.3) is 5.69 Å². The number of imidazole rings is 1. The summed E-state index contributed by atoms with van der Waals surface area (Å²) in [5.74, 6) is 0.552. The molecule has 0 saturated heterocycles. The molecule has 0 spiro atoms. The van der Waals surface area contributed by atoms with Gasteiger partial charge in [-0.15, -0.1) is 0 Å². The van der Waals surface area contributed by atoms with Gasteiger partial charge in [-0.2, -0.15) is 0 Å². The molecule has 2 aromatic rings. The fraction of sp³-hybridized carbons (Fsp3) is 0.286. The van der Waals surface area contributed by atoms with E-state index < -0.39 is 6.61 Å². The molecule has 1 heterocycles. The lowest BCUT2D eigenvalue weighted by molar-refractivity contribution is -0.124. The molecule has 1 aromatic heterocycles. The zero-order valence-electron chi connectivity index (χ0n) is 11.0. The van der Waals surface area contributed by atoms with Crippen molar-refractivity contribution in [3.8, 4) is 5.69 Å². The summed E-state index contributed by atoms with van der Waals surface area (Å²) in [5.41, 5.74) is 2.02. The number of nitrogens with zero attached hydrogens (tertiary/aromatic N) is 2. The van der Waals surface area contributed by atoms with Gasteiger partial charge in [0, 0.05) is 18.1 Å². The Kier molecular flexibility index (Phi) is 3.97. The Hall–Kier alpha value is -2.14. The van der Waals surface area contributed by atoms with Crippen LogP contribution in [0.5, 0.6) is 0 Å². The highest BCUT2D eigenvalue weighted by atomic mass is 16.3. The molecule has 0 aliphatic carbocycles. The van der Waals surface area contributed by atoms with Gasteiger partial charge in [-0.1, -0.05) is 12.1 Å². The van der Waals surface area contributed by atoms with Gasteiger partial charge in [0.15, 0.2) is 0 Å². The van der Waals surface area contributed by atoms with Gasteiger partial charge in [0.05, 0.1) is 6.04 Å². The second-order valence-corrected chi connectivity index (χ2v) is 4.38. The molecule has 1 atom stereocenters. The number of rotatable bonds is 4. The van der Waals surface area contributed by atoms with Gasteiger partial charge >= 0.3 is 0 Å². The molecule has 0 radical (unpaired) electrons. The van der Waals surface area contributed by atoms with E-state index in [-0.39, 0.29) is 11.9 Å². The van der Waals surface area contributed by atoms with Crippen molar-refractivity contribution in [1.29, 1.82) is 0 Å². The van der Waals surface area contributed by atoms with Gasteiger partial charge in [0.25, 0.3) is 0 Å². The van der Waals surface area contributed by atoms with E-state index in [0.29, 0.717) is 0 Å². The van der Waals surface area contributed by atoms with Gasteiger partial charge < -0.3 is 15.0 Å². The molecule has 0 bridgehead atoms. The highest BCUT2D eigenvalue weighted by Crippen LogP contribution is 2.16. The van der Waals surface area contributed by atoms with Crippen LogP contribution in [0, 0.1) is 6.92 Å². The monoisotopic (exact) mass is 259 g/mol. The summed E-state index contributed by atoms with van der Waals surface area (Å²) in [7, 11) is 0. The maximum Gasteiger partial charge on any atom is 0.246 e. The molecule has 100 valence electrons. The molecule has 5 nitrogen and oxygen atoms in total. The average Bonchev–Trinajstić information content (AvgIpc) is 2.85. The van der Waals surface area contributed by atoms with Gasteiger partial charge in [-0.25, -0.2) is 4.98 Å². The highest BCUT2D eigenvalue weighted by Gasteiger charge is 2.09. The molecule has 0 saturated carbocycles. The molecule has 2 rings (SSSR count). The summed E-state index contributed by atoms with van der Waals surface area (Å²) in [6.45, 7) is 3.33. The number of aryl methyl sites for hydroxylation is 1. The van der Waals surface area contributed by atoms with Crippen LogP contribution in [0.15, 0.2) is 36.7 Å². The second kappa shape index (κ2) is 5.67. The van der Waals surface area contributed by atoms with Crippen LogP contribution in [-0.2, 0) is 4.79 Å². The Labute approximate surface area is 111 Å². The largest absolute Gasteiger partial charge is 0.387 e. The third kappa shape index (κ3) is 3.00. The van der Waals surface area contributed by atoms with E-state index >= 15 is 0 Å². The molecular formula is C14H17N3O2. The summed E-state index contributed by atoms with van der Waals surface area (Å²) in [6, 6.07) is 7.74. The van der Waals surface area contributed by atoms with E-state index in [4.69, 9.17) is 5.11 Å². The molecule has 1 unspecified atom stereocenters. The van der Waals surface area contributed by atoms with Crippen molar-refractivity contribution in [3.63, 3.8) is 0 Å². The van der Waals surface area contributed by atoms with Gasteiger partial charge in [0.2, 0.25) is 5.91 Å². The van der Waals surface area contributed by atoms with E-state index in [1.54, 1.807) is 6.20 Å². The van der Waals surface area contributed by atoms with E-state index in [2.05, 4.69) is 10.3 Å². The predicted octanol–water partition coefficient (Wildman–Crippen LogP) is 1.35. The summed E-state index contributed by atoms with van der Waals surface area (Å²) in [4.78, 5) is 15.3. The summed E-state index contributed by atoms with van der Waals surface area (Å²) in [6.07, 6.45) is 3.66. The van der Waals surface area contributed by atoms with Gasteiger partial charge in [0.1, 0.15) is 12.4 Å². The first kappa shape index (κ1) is 13.3. The maximum atomic E-state index is 11.1. The summed E-state index contributed by atoms with van der Waals surface area (Å²) >= 11 is 0. The van der Waals surface area contributed by atoms with Gasteiger partial charge in [-0.3, -0.25) is 4.79 Å². The zero-order valence-corrected chi connectivity index (χ0v) is 11.0. The zero-order chi connectivity index (χ0) is 13.8. The lowest BCUT2D eigenvalue weighted by Crippen LogP contribution is -2.28. The number of amides is 1. The number of aromatic nitrogens is 2. The van der Waals surface area contributed by atoms with E-state index in [1.807, 2.05) is 48.9 Å². The highest BCUT2D eigenvalue weighted by molar-refractivity contribution is 5.77. The lowest BCUT2D eigenvalue weighted by atomic mass is 10.1. The molecule has 0 fully saturated rings. The first-order chi connectivity index (χ1) is 9.11. The minimum Gasteiger partial charge on any atom is -0.387 e. The Balaban J connectivity index is 2.15. The minimum absolute atomic E-state index is 0.127. The SMILES string of the molecule is Cc1nccn1-c1ccc(C(C)NC(=O)CO)cc1. The quantitative estimate of drug-likeness (QED) is 0.871. The van der Waals surface area contributed by atoms with E-state index in [1.165, 1.54) is 0 Å². The Morgan fingerprint density at radius 1 is 1.42 bits per heavy atom. The third-order valence-corrected chi connectivity index (χ3v) is 3.02. The molecule has 2 N–H and O–H groups in total. The maximum absolute atomic E-state index is 11.1. The molecule has 5 heteroatoms. The van der Waals surface area contributed by atoms with E-state index in [9.17, 15) is 4.79 Å². The van der Waals surface area contributed by atoms with Crippen LogP contribution >= 0.6 is 0 Å². The predicted molar refractivity (Wildman–Crippen MR) is 71.9 cm³/mol. The number of nitrogens with one attached hydrogen (secondary N) is 1. The second-order valence-electron chi connectivity index (χ2n) is 4.38. The van der Waals surface area contributed by atoms with Crippen LogP contribution < -0.4 is 5.32 Å². The van der Waals surface area contributed by atoms with Crippen LogP contribution in [0.2, 0.25) is 0 Å². The van der Waals surface area contributed by atoms with Crippen LogP contribution in [0.1, 0.15) is 24.4 Å². The van der Waals surface area contributed by atoms with Crippen molar-refractivity contribution in [2.24, 2.45) is 0 Å². The number of benzene rings is 1. The Bertz CT molecular complexity index is 560. The smallest absolute Gasteiger partial charge is 0.246 e. The van der Waals surface area contributed by atoms with Crippen molar-refractivity contribution < 1.29 is 9.90 Å². The van der Waals surface area contributed by atoms with Crippen LogP contribution in [0.3, 0.4) is 0 Å². The number of aliphatic hydroxyl groups excluding tert-OH is 1. The molecule has 19 heavy (non-hydrogen) atoms. The van der Waals surface area contributed by atoms with Crippen molar-refractivity contribution in [2.45, 2.75) is 19.9 Å². The third-order valence-electron chi connectivity index (χ3n) is 3.02. The normalized spacial score (nSPS) is 12.2. The fourth-order valence-corrected chi connectivity index (χ4v) is 1.94. The Morgan fingerprint density at radius 2 is 2.11 bits per heavy atom. The average molecular weight is 259 g/mol. The van der Waals surface area contributed by atoms with E-state index in [0.717, 1.165) is 17.1 Å². The Morgan fingerprint density at radius 3 is 2.63 bits per heavy atom. The molecule has 1 aromatic carbocycles. The molecule has 0 aliphatic heterocycles. The van der Waals surface area contributed by atoms with Crippen molar-refractivity contribution in [3.05, 3.63) is 48.0 Å². The van der Waals surface area contributed by atoms with Gasteiger partial charge in [-0.05, 0) is 31.5 Å². The van der Waals surface area contributed by atoms with Crippen molar-refractivity contribution in [1.82, 2.24) is 14.9 Å². The first-order valence-corrected chi connectivity index (χ1v) is 6.12. The minimum atomic E-state index is -0.489. The molecular weight excluding hydrogens is 242 g/mol. The molecule has 0 aliphatic rings. The van der Waals surface area contributed by atoms with Crippen molar-refractivity contribution >= 4 is 5.91 Å². The van der Waals surface area contributed by atoms with Crippen molar-refractivity contribution in [2.75, 3.05) is 6.61 Å².